The Bertz CT molecular complexity index is 194. The quantitative estimate of drug-likeness (QED) is 0.612. The lowest BCUT2D eigenvalue weighted by atomic mass is 10.5. The highest BCUT2D eigenvalue weighted by atomic mass is 28.3. The molecule has 0 heterocycles. The minimum atomic E-state index is -1.07. The van der Waals surface area contributed by atoms with Gasteiger partial charge in [-0.3, -0.25) is 0 Å². The molecule has 1 nitrogen and oxygen atoms in total. The summed E-state index contributed by atoms with van der Waals surface area (Å²) in [5.41, 5.74) is 2.22. The molecule has 0 rings (SSSR count). The third kappa shape index (κ3) is 6.33. The molecule has 0 unspecified atom stereocenters. The second-order valence-electron chi connectivity index (χ2n) is 6.05. The molecule has 0 aromatic carbocycles. The van der Waals surface area contributed by atoms with Gasteiger partial charge in [0.2, 0.25) is 0 Å². The zero-order chi connectivity index (χ0) is 12.1. The van der Waals surface area contributed by atoms with E-state index in [-0.39, 0.29) is 0 Å². The summed E-state index contributed by atoms with van der Waals surface area (Å²) in [6.07, 6.45) is 1.35. The lowest BCUT2D eigenvalue weighted by Crippen LogP contribution is -2.46. The Hall–Kier alpha value is 0.134. The monoisotopic (exact) mass is 243 g/mol. The molecule has 0 radical (unpaired) electrons. The molecule has 0 saturated carbocycles. The van der Waals surface area contributed by atoms with E-state index in [9.17, 15) is 0 Å². The van der Waals surface area contributed by atoms with Crippen LogP contribution in [0.5, 0.6) is 0 Å². The van der Waals surface area contributed by atoms with Crippen molar-refractivity contribution in [3.63, 3.8) is 0 Å². The highest BCUT2D eigenvalue weighted by Gasteiger charge is 2.23. The van der Waals surface area contributed by atoms with Crippen LogP contribution < -0.4 is 0 Å². The van der Waals surface area contributed by atoms with Crippen molar-refractivity contribution in [3.8, 4) is 0 Å². The second-order valence-corrected chi connectivity index (χ2v) is 15.9. The van der Waals surface area contributed by atoms with Crippen LogP contribution in [-0.2, 0) is 0 Å². The molecule has 0 saturated heterocycles. The normalized spacial score (nSPS) is 13.3. The fourth-order valence-corrected chi connectivity index (χ4v) is 4.85. The van der Waals surface area contributed by atoms with Crippen LogP contribution in [0.3, 0.4) is 0 Å². The summed E-state index contributed by atoms with van der Waals surface area (Å²) in [6, 6.07) is 1.39. The summed E-state index contributed by atoms with van der Waals surface area (Å²) in [6.45, 7) is 20.9. The van der Waals surface area contributed by atoms with Crippen molar-refractivity contribution in [1.29, 1.82) is 0 Å². The zero-order valence-corrected chi connectivity index (χ0v) is 13.6. The average molecular weight is 244 g/mol. The smallest absolute Gasteiger partial charge is 0.119 e. The summed E-state index contributed by atoms with van der Waals surface area (Å²) in [5, 5.41) is 0. The fraction of sp³-hybridized carbons (Fsp3) is 0.833. The van der Waals surface area contributed by atoms with E-state index >= 15 is 0 Å². The van der Waals surface area contributed by atoms with Crippen molar-refractivity contribution in [1.82, 2.24) is 4.57 Å². The molecule has 0 amide bonds. The third-order valence-corrected chi connectivity index (χ3v) is 8.32. The maximum absolute atomic E-state index is 3.96. The molecular weight excluding hydrogens is 214 g/mol. The Kier molecular flexibility index (Phi) is 6.07. The van der Waals surface area contributed by atoms with Gasteiger partial charge in [0.05, 0.1) is 8.07 Å². The summed E-state index contributed by atoms with van der Waals surface area (Å²) in [4.78, 5) is 0. The van der Waals surface area contributed by atoms with E-state index in [1.54, 1.807) is 0 Å². The van der Waals surface area contributed by atoms with E-state index in [0.29, 0.717) is 0 Å². The van der Waals surface area contributed by atoms with Gasteiger partial charge in [-0.15, -0.1) is 12.3 Å². The Labute approximate surface area is 98.7 Å². The number of hydrogen-bond acceptors (Lipinski definition) is 1. The van der Waals surface area contributed by atoms with E-state index in [1.807, 2.05) is 0 Å². The van der Waals surface area contributed by atoms with Crippen molar-refractivity contribution in [2.24, 2.45) is 0 Å². The second kappa shape index (κ2) is 6.01. The molecule has 15 heavy (non-hydrogen) atoms. The standard InChI is InChI=1S/C12H29NSi2/c1-8-13(14(3,4)5)11-10-12-15(6,7)9-2/h9H,2,8,10-12H2,1,3-7H3. The van der Waals surface area contributed by atoms with Crippen molar-refractivity contribution >= 4 is 16.3 Å². The first-order chi connectivity index (χ1) is 6.73. The molecule has 0 spiro atoms. The van der Waals surface area contributed by atoms with Gasteiger partial charge in [0, 0.05) is 0 Å². The van der Waals surface area contributed by atoms with Gasteiger partial charge < -0.3 is 4.57 Å². The summed E-state index contributed by atoms with van der Waals surface area (Å²) >= 11 is 0. The summed E-state index contributed by atoms with van der Waals surface area (Å²) in [5.74, 6) is 0. The Morgan fingerprint density at radius 2 is 1.67 bits per heavy atom. The van der Waals surface area contributed by atoms with Crippen LogP contribution in [0, 0.1) is 0 Å². The molecule has 0 N–H and O–H groups in total. The third-order valence-electron chi connectivity index (χ3n) is 3.13. The van der Waals surface area contributed by atoms with Crippen molar-refractivity contribution in [2.45, 2.75) is 52.1 Å². The summed E-state index contributed by atoms with van der Waals surface area (Å²) in [7, 11) is -2.13. The maximum Gasteiger partial charge on any atom is 0.119 e. The van der Waals surface area contributed by atoms with Gasteiger partial charge in [0.25, 0.3) is 0 Å². The van der Waals surface area contributed by atoms with Crippen LogP contribution in [0.1, 0.15) is 13.3 Å². The molecule has 0 aliphatic heterocycles. The molecule has 90 valence electrons. The minimum absolute atomic E-state index is 1.06. The van der Waals surface area contributed by atoms with Crippen LogP contribution in [0.2, 0.25) is 38.8 Å². The van der Waals surface area contributed by atoms with Gasteiger partial charge in [0.1, 0.15) is 8.24 Å². The highest BCUT2D eigenvalue weighted by Crippen LogP contribution is 2.16. The SMILES string of the molecule is C=C[Si](C)(C)CCCN(CC)[Si](C)(C)C. The zero-order valence-electron chi connectivity index (χ0n) is 11.6. The van der Waals surface area contributed by atoms with Crippen LogP contribution in [0.15, 0.2) is 12.3 Å². The minimum Gasteiger partial charge on any atom is -0.324 e. The van der Waals surface area contributed by atoms with Crippen molar-refractivity contribution in [2.75, 3.05) is 13.1 Å². The Morgan fingerprint density at radius 1 is 1.13 bits per heavy atom. The summed E-state index contributed by atoms with van der Waals surface area (Å²) < 4.78 is 2.70. The maximum atomic E-state index is 3.96. The molecule has 3 heteroatoms. The number of rotatable bonds is 7. The van der Waals surface area contributed by atoms with Gasteiger partial charge in [-0.05, 0) is 19.5 Å². The lowest BCUT2D eigenvalue weighted by Gasteiger charge is -2.33. The van der Waals surface area contributed by atoms with E-state index in [1.165, 1.54) is 25.6 Å². The van der Waals surface area contributed by atoms with Crippen molar-refractivity contribution in [3.05, 3.63) is 12.3 Å². The first-order valence-electron chi connectivity index (χ1n) is 6.11. The van der Waals surface area contributed by atoms with E-state index < -0.39 is 16.3 Å². The molecule has 0 bridgehead atoms. The highest BCUT2D eigenvalue weighted by molar-refractivity contribution is 6.82. The van der Waals surface area contributed by atoms with Gasteiger partial charge >= 0.3 is 0 Å². The fourth-order valence-electron chi connectivity index (χ4n) is 1.80. The van der Waals surface area contributed by atoms with Crippen molar-refractivity contribution < 1.29 is 0 Å². The average Bonchev–Trinajstić information content (AvgIpc) is 2.10. The van der Waals surface area contributed by atoms with Crippen LogP contribution in [0.25, 0.3) is 0 Å². The molecule has 0 aromatic heterocycles. The van der Waals surface area contributed by atoms with Crippen LogP contribution in [0.4, 0.5) is 0 Å². The number of hydrogen-bond donors (Lipinski definition) is 0. The Balaban J connectivity index is 3.99. The van der Waals surface area contributed by atoms with E-state index in [2.05, 4.69) is 56.5 Å². The van der Waals surface area contributed by atoms with E-state index in [0.717, 1.165) is 0 Å². The van der Waals surface area contributed by atoms with Crippen LogP contribution >= 0.6 is 0 Å². The van der Waals surface area contributed by atoms with Gasteiger partial charge in [0.15, 0.2) is 0 Å². The van der Waals surface area contributed by atoms with Crippen LogP contribution in [-0.4, -0.2) is 34.0 Å². The molecule has 0 aromatic rings. The van der Waals surface area contributed by atoms with Gasteiger partial charge in [-0.1, -0.05) is 45.7 Å². The first-order valence-corrected chi connectivity index (χ1v) is 12.8. The lowest BCUT2D eigenvalue weighted by molar-refractivity contribution is 0.443. The molecule has 0 atom stereocenters. The number of nitrogens with zero attached hydrogens (tertiary/aromatic N) is 1. The predicted octanol–water partition coefficient (Wildman–Crippen LogP) is 3.97. The largest absolute Gasteiger partial charge is 0.324 e. The topological polar surface area (TPSA) is 3.24 Å². The van der Waals surface area contributed by atoms with Gasteiger partial charge in [-0.2, -0.15) is 0 Å². The molecule has 0 fully saturated rings. The van der Waals surface area contributed by atoms with E-state index in [4.69, 9.17) is 0 Å². The Morgan fingerprint density at radius 3 is 2.00 bits per heavy atom. The molecule has 0 aliphatic carbocycles. The van der Waals surface area contributed by atoms with Gasteiger partial charge in [-0.25, -0.2) is 0 Å². The predicted molar refractivity (Wildman–Crippen MR) is 77.7 cm³/mol. The molecular formula is C12H29NSi2. The first kappa shape index (κ1) is 15.1. The molecule has 0 aliphatic rings.